The van der Waals surface area contributed by atoms with Crippen LogP contribution in [0, 0.1) is 11.7 Å². The standard InChI is InChI=1S/C18H23FN4O/c19-17-6-3-7-21-18(17)24-12-14-9-22(15-4-1-2-5-15)11-16-8-20-13-23(16)10-14/h3,6-8,13-15H,1-2,4-5,9-12H2. The molecule has 1 fully saturated rings. The molecule has 0 aromatic carbocycles. The number of hydrogen-bond acceptors (Lipinski definition) is 4. The zero-order valence-corrected chi connectivity index (χ0v) is 13.8. The molecule has 0 radical (unpaired) electrons. The summed E-state index contributed by atoms with van der Waals surface area (Å²) in [6.07, 6.45) is 10.6. The van der Waals surface area contributed by atoms with E-state index in [0.29, 0.717) is 18.6 Å². The topological polar surface area (TPSA) is 43.2 Å². The third-order valence-electron chi connectivity index (χ3n) is 5.13. The third kappa shape index (κ3) is 3.29. The molecule has 1 aliphatic heterocycles. The summed E-state index contributed by atoms with van der Waals surface area (Å²) >= 11 is 0. The quantitative estimate of drug-likeness (QED) is 0.864. The van der Waals surface area contributed by atoms with Crippen LogP contribution in [-0.4, -0.2) is 38.6 Å². The fraction of sp³-hybridized carbons (Fsp3) is 0.556. The fourth-order valence-corrected chi connectivity index (χ4v) is 3.91. The van der Waals surface area contributed by atoms with Crippen molar-refractivity contribution in [1.82, 2.24) is 19.4 Å². The summed E-state index contributed by atoms with van der Waals surface area (Å²) in [4.78, 5) is 10.8. The van der Waals surface area contributed by atoms with Crippen LogP contribution in [-0.2, 0) is 13.1 Å². The van der Waals surface area contributed by atoms with E-state index in [2.05, 4.69) is 19.4 Å². The van der Waals surface area contributed by atoms with Gasteiger partial charge in [-0.1, -0.05) is 12.8 Å². The van der Waals surface area contributed by atoms with Gasteiger partial charge in [-0.05, 0) is 25.0 Å². The van der Waals surface area contributed by atoms with Crippen molar-refractivity contribution >= 4 is 0 Å². The molecular weight excluding hydrogens is 307 g/mol. The van der Waals surface area contributed by atoms with Crippen LogP contribution in [0.1, 0.15) is 31.4 Å². The summed E-state index contributed by atoms with van der Waals surface area (Å²) in [5, 5.41) is 0. The molecule has 2 aromatic rings. The number of pyridine rings is 1. The van der Waals surface area contributed by atoms with Crippen molar-refractivity contribution in [3.63, 3.8) is 0 Å². The van der Waals surface area contributed by atoms with E-state index in [-0.39, 0.29) is 5.88 Å². The molecule has 6 heteroatoms. The van der Waals surface area contributed by atoms with E-state index < -0.39 is 5.82 Å². The predicted octanol–water partition coefficient (Wildman–Crippen LogP) is 2.87. The molecule has 24 heavy (non-hydrogen) atoms. The van der Waals surface area contributed by atoms with Gasteiger partial charge in [0.1, 0.15) is 0 Å². The largest absolute Gasteiger partial charge is 0.475 e. The monoisotopic (exact) mass is 330 g/mol. The molecule has 2 aromatic heterocycles. The van der Waals surface area contributed by atoms with E-state index in [4.69, 9.17) is 4.74 Å². The van der Waals surface area contributed by atoms with Crippen molar-refractivity contribution < 1.29 is 9.13 Å². The molecule has 3 heterocycles. The first-order valence-electron chi connectivity index (χ1n) is 8.76. The first kappa shape index (κ1) is 15.6. The maximum absolute atomic E-state index is 13.7. The summed E-state index contributed by atoms with van der Waals surface area (Å²) in [5.74, 6) is -0.00966. The average Bonchev–Trinajstić information content (AvgIpc) is 3.23. The van der Waals surface area contributed by atoms with Crippen LogP contribution in [0.3, 0.4) is 0 Å². The number of halogens is 1. The minimum atomic E-state index is -0.401. The lowest BCUT2D eigenvalue weighted by Gasteiger charge is -2.29. The zero-order valence-electron chi connectivity index (χ0n) is 13.8. The Kier molecular flexibility index (Phi) is 4.47. The van der Waals surface area contributed by atoms with Gasteiger partial charge in [-0.25, -0.2) is 14.4 Å². The van der Waals surface area contributed by atoms with Crippen molar-refractivity contribution in [2.45, 2.75) is 44.8 Å². The third-order valence-corrected chi connectivity index (χ3v) is 5.13. The van der Waals surface area contributed by atoms with Gasteiger partial charge in [0.15, 0.2) is 5.82 Å². The van der Waals surface area contributed by atoms with Crippen LogP contribution in [0.2, 0.25) is 0 Å². The SMILES string of the molecule is Fc1cccnc1OCC1CN(C2CCCC2)Cc2cncn2C1. The first-order chi connectivity index (χ1) is 11.8. The van der Waals surface area contributed by atoms with Crippen LogP contribution in [0.15, 0.2) is 30.9 Å². The van der Waals surface area contributed by atoms with Crippen molar-refractivity contribution in [2.24, 2.45) is 5.92 Å². The molecule has 0 spiro atoms. The highest BCUT2D eigenvalue weighted by Crippen LogP contribution is 2.28. The van der Waals surface area contributed by atoms with Gasteiger partial charge in [-0.15, -0.1) is 0 Å². The summed E-state index contributed by atoms with van der Waals surface area (Å²) in [5.41, 5.74) is 1.26. The number of fused-ring (bicyclic) bond motifs is 1. The summed E-state index contributed by atoms with van der Waals surface area (Å²) in [6.45, 7) is 3.24. The molecule has 0 amide bonds. The maximum Gasteiger partial charge on any atom is 0.250 e. The highest BCUT2D eigenvalue weighted by atomic mass is 19.1. The molecule has 1 atom stereocenters. The van der Waals surface area contributed by atoms with Gasteiger partial charge in [0.25, 0.3) is 0 Å². The lowest BCUT2D eigenvalue weighted by Crippen LogP contribution is -2.37. The lowest BCUT2D eigenvalue weighted by molar-refractivity contribution is 0.132. The molecular formula is C18H23FN4O. The minimum absolute atomic E-state index is 0.0972. The molecule has 128 valence electrons. The molecule has 0 bridgehead atoms. The summed E-state index contributed by atoms with van der Waals surface area (Å²) in [7, 11) is 0. The van der Waals surface area contributed by atoms with Crippen molar-refractivity contribution in [3.05, 3.63) is 42.4 Å². The minimum Gasteiger partial charge on any atom is -0.475 e. The van der Waals surface area contributed by atoms with Crippen LogP contribution in [0.25, 0.3) is 0 Å². The molecule has 0 saturated heterocycles. The molecule has 0 N–H and O–H groups in total. The number of imidazole rings is 1. The van der Waals surface area contributed by atoms with Crippen LogP contribution in [0.5, 0.6) is 5.88 Å². The van der Waals surface area contributed by atoms with Gasteiger partial charge in [-0.2, -0.15) is 0 Å². The van der Waals surface area contributed by atoms with Gasteiger partial charge in [0, 0.05) is 44.0 Å². The van der Waals surface area contributed by atoms with Gasteiger partial charge < -0.3 is 9.30 Å². The van der Waals surface area contributed by atoms with E-state index in [9.17, 15) is 4.39 Å². The Balaban J connectivity index is 1.48. The van der Waals surface area contributed by atoms with Gasteiger partial charge in [-0.3, -0.25) is 4.90 Å². The Morgan fingerprint density at radius 2 is 2.12 bits per heavy atom. The van der Waals surface area contributed by atoms with E-state index >= 15 is 0 Å². The molecule has 2 aliphatic rings. The second-order valence-electron chi connectivity index (χ2n) is 6.87. The second kappa shape index (κ2) is 6.89. The van der Waals surface area contributed by atoms with E-state index in [0.717, 1.165) is 19.6 Å². The first-order valence-corrected chi connectivity index (χ1v) is 8.76. The van der Waals surface area contributed by atoms with Crippen LogP contribution < -0.4 is 4.74 Å². The van der Waals surface area contributed by atoms with Crippen molar-refractivity contribution in [2.75, 3.05) is 13.2 Å². The number of aromatic nitrogens is 3. The van der Waals surface area contributed by atoms with E-state index in [1.54, 1.807) is 12.3 Å². The smallest absolute Gasteiger partial charge is 0.250 e. The van der Waals surface area contributed by atoms with Crippen LogP contribution >= 0.6 is 0 Å². The van der Waals surface area contributed by atoms with E-state index in [1.807, 2.05) is 12.5 Å². The lowest BCUT2D eigenvalue weighted by atomic mass is 10.1. The zero-order chi connectivity index (χ0) is 16.4. The molecule has 1 aliphatic carbocycles. The summed E-state index contributed by atoms with van der Waals surface area (Å²) < 4.78 is 21.6. The van der Waals surface area contributed by atoms with Gasteiger partial charge >= 0.3 is 0 Å². The number of ether oxygens (including phenoxy) is 1. The molecule has 5 nitrogen and oxygen atoms in total. The van der Waals surface area contributed by atoms with Gasteiger partial charge in [0.2, 0.25) is 5.88 Å². The maximum atomic E-state index is 13.7. The average molecular weight is 330 g/mol. The summed E-state index contributed by atoms with van der Waals surface area (Å²) in [6, 6.07) is 3.61. The normalized spacial score (nSPS) is 22.3. The Morgan fingerprint density at radius 3 is 2.96 bits per heavy atom. The number of nitrogens with zero attached hydrogens (tertiary/aromatic N) is 4. The number of hydrogen-bond donors (Lipinski definition) is 0. The Labute approximate surface area is 141 Å². The van der Waals surface area contributed by atoms with Crippen LogP contribution in [0.4, 0.5) is 4.39 Å². The Morgan fingerprint density at radius 1 is 1.25 bits per heavy atom. The van der Waals surface area contributed by atoms with Gasteiger partial charge in [0.05, 0.1) is 18.6 Å². The highest BCUT2D eigenvalue weighted by Gasteiger charge is 2.29. The predicted molar refractivity (Wildman–Crippen MR) is 88.1 cm³/mol. The van der Waals surface area contributed by atoms with Crippen molar-refractivity contribution in [1.29, 1.82) is 0 Å². The Hall–Kier alpha value is -1.95. The molecule has 4 rings (SSSR count). The van der Waals surface area contributed by atoms with E-state index in [1.165, 1.54) is 37.4 Å². The Bertz CT molecular complexity index is 683. The fourth-order valence-electron chi connectivity index (χ4n) is 3.91. The molecule has 1 unspecified atom stereocenters. The van der Waals surface area contributed by atoms with Crippen molar-refractivity contribution in [3.8, 4) is 5.88 Å². The highest BCUT2D eigenvalue weighted by molar-refractivity contribution is 5.12. The number of rotatable bonds is 4. The second-order valence-corrected chi connectivity index (χ2v) is 6.87. The molecule has 1 saturated carbocycles.